The van der Waals surface area contributed by atoms with Gasteiger partial charge >= 0.3 is 0 Å². The van der Waals surface area contributed by atoms with Gasteiger partial charge in [0.15, 0.2) is 0 Å². The van der Waals surface area contributed by atoms with Crippen molar-refractivity contribution >= 4 is 5.91 Å². The summed E-state index contributed by atoms with van der Waals surface area (Å²) in [6.07, 6.45) is 2.72. The van der Waals surface area contributed by atoms with Crippen LogP contribution in [0.1, 0.15) is 34.8 Å². The van der Waals surface area contributed by atoms with Gasteiger partial charge in [0.25, 0.3) is 5.91 Å². The third-order valence-electron chi connectivity index (χ3n) is 3.14. The Morgan fingerprint density at radius 1 is 1.50 bits per heavy atom. The highest BCUT2D eigenvalue weighted by atomic mass is 16.1. The second-order valence-corrected chi connectivity index (χ2v) is 4.30. The average molecular weight is 218 g/mol. The zero-order valence-electron chi connectivity index (χ0n) is 9.62. The third-order valence-corrected chi connectivity index (χ3v) is 3.14. The molecule has 1 amide bonds. The summed E-state index contributed by atoms with van der Waals surface area (Å²) in [4.78, 5) is 11.9. The molecule has 1 unspecified atom stereocenters. The van der Waals surface area contributed by atoms with Crippen LogP contribution in [0.2, 0.25) is 0 Å². The van der Waals surface area contributed by atoms with Crippen LogP contribution in [0.5, 0.6) is 0 Å². The maximum atomic E-state index is 11.9. The predicted molar refractivity (Wildman–Crippen MR) is 64.4 cm³/mol. The molecular weight excluding hydrogens is 200 g/mol. The van der Waals surface area contributed by atoms with Crippen LogP contribution in [0.15, 0.2) is 18.2 Å². The van der Waals surface area contributed by atoms with Gasteiger partial charge in [-0.15, -0.1) is 0 Å². The fourth-order valence-corrected chi connectivity index (χ4v) is 2.19. The van der Waals surface area contributed by atoms with Gasteiger partial charge in [-0.05, 0) is 43.0 Å². The van der Waals surface area contributed by atoms with Crippen molar-refractivity contribution in [3.05, 3.63) is 34.9 Å². The summed E-state index contributed by atoms with van der Waals surface area (Å²) in [5.41, 5.74) is 8.73. The van der Waals surface area contributed by atoms with E-state index in [1.165, 1.54) is 5.56 Å². The van der Waals surface area contributed by atoms with E-state index in [1.807, 2.05) is 6.07 Å². The smallest absolute Gasteiger partial charge is 0.251 e. The van der Waals surface area contributed by atoms with E-state index < -0.39 is 0 Å². The number of benzene rings is 1. The van der Waals surface area contributed by atoms with E-state index in [9.17, 15) is 4.79 Å². The number of nitrogens with two attached hydrogens (primary N) is 1. The Balaban J connectivity index is 2.27. The third kappa shape index (κ3) is 2.09. The zero-order valence-corrected chi connectivity index (χ0v) is 9.62. The molecule has 0 aromatic heterocycles. The molecule has 0 radical (unpaired) electrons. The van der Waals surface area contributed by atoms with Crippen LogP contribution in [0, 0.1) is 0 Å². The van der Waals surface area contributed by atoms with Gasteiger partial charge in [0, 0.05) is 11.6 Å². The van der Waals surface area contributed by atoms with E-state index in [1.54, 1.807) is 0 Å². The standard InChI is InChI=1S/C13H18N2O/c1-2-9-3-4-10-8-11(5-6-14)15-13(16)12(10)7-9/h3-4,7,11H,2,5-6,8,14H2,1H3,(H,15,16). The molecule has 0 spiro atoms. The van der Waals surface area contributed by atoms with Crippen molar-refractivity contribution in [2.75, 3.05) is 6.54 Å². The lowest BCUT2D eigenvalue weighted by Gasteiger charge is -2.25. The molecule has 0 bridgehead atoms. The Kier molecular flexibility index (Phi) is 3.25. The summed E-state index contributed by atoms with van der Waals surface area (Å²) in [7, 11) is 0. The van der Waals surface area contributed by atoms with E-state index >= 15 is 0 Å². The number of carbonyl (C=O) groups excluding carboxylic acids is 1. The van der Waals surface area contributed by atoms with Crippen LogP contribution in [0.4, 0.5) is 0 Å². The molecule has 3 N–H and O–H groups in total. The normalized spacial score (nSPS) is 19.1. The second-order valence-electron chi connectivity index (χ2n) is 4.30. The Labute approximate surface area is 96.0 Å². The summed E-state index contributed by atoms with van der Waals surface area (Å²) < 4.78 is 0. The molecule has 0 saturated heterocycles. The summed E-state index contributed by atoms with van der Waals surface area (Å²) in [5, 5.41) is 3.01. The van der Waals surface area contributed by atoms with Gasteiger partial charge in [-0.2, -0.15) is 0 Å². The molecule has 3 nitrogen and oxygen atoms in total. The Hall–Kier alpha value is -1.35. The van der Waals surface area contributed by atoms with E-state index in [2.05, 4.69) is 24.4 Å². The Morgan fingerprint density at radius 2 is 2.31 bits per heavy atom. The van der Waals surface area contributed by atoms with Gasteiger partial charge in [0.1, 0.15) is 0 Å². The summed E-state index contributed by atoms with van der Waals surface area (Å²) in [6.45, 7) is 2.72. The van der Waals surface area contributed by atoms with Gasteiger partial charge in [-0.25, -0.2) is 0 Å². The first-order chi connectivity index (χ1) is 7.74. The van der Waals surface area contributed by atoms with Gasteiger partial charge in [0.2, 0.25) is 0 Å². The minimum Gasteiger partial charge on any atom is -0.349 e. The maximum absolute atomic E-state index is 11.9. The molecule has 0 fully saturated rings. The van der Waals surface area contributed by atoms with Gasteiger partial charge in [0.05, 0.1) is 0 Å². The summed E-state index contributed by atoms with van der Waals surface area (Å²) in [5.74, 6) is 0.0509. The molecule has 0 saturated carbocycles. The zero-order chi connectivity index (χ0) is 11.5. The van der Waals surface area contributed by atoms with Gasteiger partial charge < -0.3 is 11.1 Å². The highest BCUT2D eigenvalue weighted by molar-refractivity contribution is 5.97. The second kappa shape index (κ2) is 4.66. The van der Waals surface area contributed by atoms with E-state index in [4.69, 9.17) is 5.73 Å². The lowest BCUT2D eigenvalue weighted by atomic mass is 9.92. The van der Waals surface area contributed by atoms with Crippen molar-refractivity contribution in [2.24, 2.45) is 5.73 Å². The molecule has 1 heterocycles. The summed E-state index contributed by atoms with van der Waals surface area (Å²) >= 11 is 0. The number of carbonyl (C=O) groups is 1. The first-order valence-corrected chi connectivity index (χ1v) is 5.87. The lowest BCUT2D eigenvalue weighted by molar-refractivity contribution is 0.0923. The summed E-state index contributed by atoms with van der Waals surface area (Å²) in [6, 6.07) is 6.40. The molecule has 86 valence electrons. The largest absolute Gasteiger partial charge is 0.349 e. The van der Waals surface area contributed by atoms with Gasteiger partial charge in [-0.1, -0.05) is 19.1 Å². The Bertz CT molecular complexity index is 401. The van der Waals surface area contributed by atoms with Crippen LogP contribution in [-0.4, -0.2) is 18.5 Å². The number of fused-ring (bicyclic) bond motifs is 1. The number of hydrogen-bond acceptors (Lipinski definition) is 2. The van der Waals surface area contributed by atoms with Crippen LogP contribution in [-0.2, 0) is 12.8 Å². The number of amides is 1. The van der Waals surface area contributed by atoms with Crippen molar-refractivity contribution in [1.29, 1.82) is 0 Å². The molecular formula is C13H18N2O. The van der Waals surface area contributed by atoms with Crippen molar-refractivity contribution < 1.29 is 4.79 Å². The number of aryl methyl sites for hydroxylation is 1. The fraction of sp³-hybridized carbons (Fsp3) is 0.462. The van der Waals surface area contributed by atoms with Crippen molar-refractivity contribution in [3.8, 4) is 0 Å². The monoisotopic (exact) mass is 218 g/mol. The van der Waals surface area contributed by atoms with Crippen LogP contribution >= 0.6 is 0 Å². The van der Waals surface area contributed by atoms with E-state index in [-0.39, 0.29) is 11.9 Å². The minimum absolute atomic E-state index is 0.0509. The van der Waals surface area contributed by atoms with Crippen molar-refractivity contribution in [1.82, 2.24) is 5.32 Å². The molecule has 1 aliphatic rings. The minimum atomic E-state index is 0.0509. The SMILES string of the molecule is CCc1ccc2c(c1)C(=O)NC(CCN)C2. The Morgan fingerprint density at radius 3 is 3.00 bits per heavy atom. The lowest BCUT2D eigenvalue weighted by Crippen LogP contribution is -2.42. The average Bonchev–Trinajstić information content (AvgIpc) is 2.29. The van der Waals surface area contributed by atoms with Crippen LogP contribution in [0.3, 0.4) is 0 Å². The predicted octanol–water partition coefficient (Wildman–Crippen LogP) is 1.25. The van der Waals surface area contributed by atoms with E-state index in [0.717, 1.165) is 30.4 Å². The highest BCUT2D eigenvalue weighted by Gasteiger charge is 2.23. The molecule has 2 rings (SSSR count). The van der Waals surface area contributed by atoms with Crippen LogP contribution in [0.25, 0.3) is 0 Å². The number of hydrogen-bond donors (Lipinski definition) is 2. The van der Waals surface area contributed by atoms with Gasteiger partial charge in [-0.3, -0.25) is 4.79 Å². The first kappa shape index (κ1) is 11.1. The molecule has 3 heteroatoms. The topological polar surface area (TPSA) is 55.1 Å². The maximum Gasteiger partial charge on any atom is 0.251 e. The number of nitrogens with one attached hydrogen (secondary N) is 1. The molecule has 16 heavy (non-hydrogen) atoms. The van der Waals surface area contributed by atoms with Crippen molar-refractivity contribution in [3.63, 3.8) is 0 Å². The quantitative estimate of drug-likeness (QED) is 0.802. The molecule has 1 aromatic rings. The first-order valence-electron chi connectivity index (χ1n) is 5.87. The molecule has 1 aromatic carbocycles. The molecule has 1 atom stereocenters. The molecule has 0 aliphatic carbocycles. The van der Waals surface area contributed by atoms with E-state index in [0.29, 0.717) is 6.54 Å². The highest BCUT2D eigenvalue weighted by Crippen LogP contribution is 2.19. The molecule has 1 aliphatic heterocycles. The van der Waals surface area contributed by atoms with Crippen LogP contribution < -0.4 is 11.1 Å². The fourth-order valence-electron chi connectivity index (χ4n) is 2.19. The number of rotatable bonds is 3. The van der Waals surface area contributed by atoms with Crippen molar-refractivity contribution in [2.45, 2.75) is 32.2 Å².